The van der Waals surface area contributed by atoms with Gasteiger partial charge in [0.1, 0.15) is 0 Å². The number of nitroso groups, excluding NO2 is 1. The standard InChI is InChI=1S/C7H14IN2O/c1-8-9-6-2-4-7(10-11)5-3-6/h6-7,9H,2-5H2,1H3/q-1. The van der Waals surface area contributed by atoms with Gasteiger partial charge in [-0.2, -0.15) is 0 Å². The summed E-state index contributed by atoms with van der Waals surface area (Å²) in [6.45, 7) is 0. The fourth-order valence-corrected chi connectivity index (χ4v) is 2.95. The topological polar surface area (TPSA) is 41.5 Å². The molecule has 0 unspecified atom stereocenters. The van der Waals surface area contributed by atoms with E-state index in [0.717, 1.165) is 25.7 Å². The van der Waals surface area contributed by atoms with Gasteiger partial charge < -0.3 is 0 Å². The molecule has 0 aromatic rings. The molecule has 1 saturated carbocycles. The van der Waals surface area contributed by atoms with Gasteiger partial charge in [0, 0.05) is 0 Å². The Kier molecular flexibility index (Phi) is 4.29. The Morgan fingerprint density at radius 3 is 2.45 bits per heavy atom. The molecule has 0 heterocycles. The van der Waals surface area contributed by atoms with Crippen LogP contribution < -0.4 is 25.0 Å². The molecule has 0 bridgehead atoms. The molecule has 1 aliphatic rings. The first-order valence-electron chi connectivity index (χ1n) is 3.93. The number of halogens is 1. The molecule has 0 aromatic carbocycles. The van der Waals surface area contributed by atoms with Crippen LogP contribution in [0.25, 0.3) is 0 Å². The minimum absolute atomic E-state index is 0.114. The zero-order chi connectivity index (χ0) is 8.10. The average molecular weight is 269 g/mol. The summed E-state index contributed by atoms with van der Waals surface area (Å²) in [6.07, 6.45) is 4.27. The van der Waals surface area contributed by atoms with Crippen LogP contribution in [0.2, 0.25) is 0 Å². The second-order valence-electron chi connectivity index (χ2n) is 2.91. The van der Waals surface area contributed by atoms with E-state index in [-0.39, 0.29) is 27.5 Å². The van der Waals surface area contributed by atoms with E-state index < -0.39 is 0 Å². The Hall–Kier alpha value is 0.290. The maximum atomic E-state index is 10.2. The molecule has 1 N–H and O–H groups in total. The van der Waals surface area contributed by atoms with Crippen molar-refractivity contribution in [3.05, 3.63) is 4.91 Å². The number of alkyl halides is 1. The van der Waals surface area contributed by atoms with Gasteiger partial charge in [-0.15, -0.1) is 0 Å². The predicted octanol–water partition coefficient (Wildman–Crippen LogP) is -1.71. The van der Waals surface area contributed by atoms with Crippen LogP contribution in [0.1, 0.15) is 25.7 Å². The first-order valence-corrected chi connectivity index (χ1v) is 7.17. The number of hydrogen-bond acceptors (Lipinski definition) is 3. The van der Waals surface area contributed by atoms with Crippen molar-refractivity contribution < 1.29 is 21.5 Å². The van der Waals surface area contributed by atoms with Gasteiger partial charge in [0.15, 0.2) is 0 Å². The van der Waals surface area contributed by atoms with E-state index in [0.29, 0.717) is 6.04 Å². The molecule has 0 aliphatic heterocycles. The Labute approximate surface area is 77.9 Å². The first kappa shape index (κ1) is 9.38. The van der Waals surface area contributed by atoms with Gasteiger partial charge >= 0.3 is 77.8 Å². The van der Waals surface area contributed by atoms with Crippen LogP contribution in [0.15, 0.2) is 5.18 Å². The zero-order valence-corrected chi connectivity index (χ0v) is 8.87. The molecule has 0 amide bonds. The van der Waals surface area contributed by atoms with Gasteiger partial charge in [-0.05, 0) is 0 Å². The number of hydrogen-bond donors (Lipinski definition) is 1. The Morgan fingerprint density at radius 1 is 1.36 bits per heavy atom. The molecule has 1 rings (SSSR count). The van der Waals surface area contributed by atoms with Crippen molar-refractivity contribution in [2.24, 2.45) is 5.18 Å². The number of nitrogens with zero attached hydrogens (tertiary/aromatic N) is 1. The van der Waals surface area contributed by atoms with Crippen LogP contribution in [0.4, 0.5) is 0 Å². The third kappa shape index (κ3) is 3.02. The third-order valence-corrected chi connectivity index (χ3v) is 3.61. The van der Waals surface area contributed by atoms with Crippen LogP contribution in [-0.2, 0) is 0 Å². The third-order valence-electron chi connectivity index (χ3n) is 2.11. The van der Waals surface area contributed by atoms with E-state index >= 15 is 0 Å². The zero-order valence-electron chi connectivity index (χ0n) is 6.72. The predicted molar refractivity (Wildman–Crippen MR) is 40.9 cm³/mol. The molecule has 3 nitrogen and oxygen atoms in total. The van der Waals surface area contributed by atoms with Crippen LogP contribution in [0.5, 0.6) is 0 Å². The van der Waals surface area contributed by atoms with Crippen molar-refractivity contribution in [2.45, 2.75) is 37.8 Å². The second-order valence-corrected chi connectivity index (χ2v) is 4.61. The van der Waals surface area contributed by atoms with E-state index in [1.165, 1.54) is 0 Å². The summed E-state index contributed by atoms with van der Waals surface area (Å²) < 4.78 is 3.50. The van der Waals surface area contributed by atoms with Crippen LogP contribution >= 0.6 is 0 Å². The van der Waals surface area contributed by atoms with Gasteiger partial charge in [-0.3, -0.25) is 0 Å². The van der Waals surface area contributed by atoms with Crippen molar-refractivity contribution in [3.63, 3.8) is 0 Å². The Bertz CT molecular complexity index is 124. The number of rotatable bonds is 3. The molecule has 0 saturated heterocycles. The van der Waals surface area contributed by atoms with Crippen LogP contribution in [0.3, 0.4) is 0 Å². The SMILES string of the molecule is C[I-]NC1CCC(N=O)CC1. The Morgan fingerprint density at radius 2 is 2.00 bits per heavy atom. The summed E-state index contributed by atoms with van der Waals surface area (Å²) in [5.41, 5.74) is 0. The molecular weight excluding hydrogens is 255 g/mol. The van der Waals surface area contributed by atoms with E-state index in [4.69, 9.17) is 0 Å². The summed E-state index contributed by atoms with van der Waals surface area (Å²) >= 11 is 0.204. The average Bonchev–Trinajstić information content (AvgIpc) is 2.07. The maximum absolute atomic E-state index is 10.2. The Balaban J connectivity index is 2.18. The van der Waals surface area contributed by atoms with Gasteiger partial charge in [0.05, 0.1) is 0 Å². The first-order chi connectivity index (χ1) is 5.36. The van der Waals surface area contributed by atoms with Crippen molar-refractivity contribution >= 4 is 0 Å². The fraction of sp³-hybridized carbons (Fsp3) is 1.00. The van der Waals surface area contributed by atoms with Crippen LogP contribution in [0, 0.1) is 4.91 Å². The van der Waals surface area contributed by atoms with Crippen molar-refractivity contribution in [3.8, 4) is 0 Å². The van der Waals surface area contributed by atoms with Gasteiger partial charge in [0.2, 0.25) is 0 Å². The van der Waals surface area contributed by atoms with Gasteiger partial charge in [0.25, 0.3) is 0 Å². The quantitative estimate of drug-likeness (QED) is 0.287. The van der Waals surface area contributed by atoms with Gasteiger partial charge in [-0.25, -0.2) is 0 Å². The molecule has 0 atom stereocenters. The van der Waals surface area contributed by atoms with Crippen molar-refractivity contribution in [1.29, 1.82) is 0 Å². The summed E-state index contributed by atoms with van der Waals surface area (Å²) in [5, 5.41) is 3.07. The molecule has 0 aromatic heterocycles. The second kappa shape index (κ2) is 5.03. The van der Waals surface area contributed by atoms with E-state index in [1.54, 1.807) is 0 Å². The van der Waals surface area contributed by atoms with Gasteiger partial charge in [-0.1, -0.05) is 0 Å². The molecule has 1 fully saturated rings. The summed E-state index contributed by atoms with van der Waals surface area (Å²) in [7, 11) is 0. The summed E-state index contributed by atoms with van der Waals surface area (Å²) in [4.78, 5) is 12.4. The molecule has 66 valence electrons. The minimum atomic E-state index is 0.114. The van der Waals surface area contributed by atoms with E-state index in [1.807, 2.05) is 0 Å². The molecule has 0 spiro atoms. The number of nitrogens with one attached hydrogen (secondary N) is 1. The molecule has 0 radical (unpaired) electrons. The fourth-order valence-electron chi connectivity index (χ4n) is 1.44. The summed E-state index contributed by atoms with van der Waals surface area (Å²) in [6, 6.07) is 0.800. The van der Waals surface area contributed by atoms with E-state index in [9.17, 15) is 4.91 Å². The molecule has 4 heteroatoms. The van der Waals surface area contributed by atoms with E-state index in [2.05, 4.69) is 13.6 Å². The monoisotopic (exact) mass is 269 g/mol. The van der Waals surface area contributed by atoms with Crippen molar-refractivity contribution in [1.82, 2.24) is 3.53 Å². The summed E-state index contributed by atoms with van der Waals surface area (Å²) in [5.74, 6) is 0. The molecular formula is C7H14IN2O-. The molecule has 11 heavy (non-hydrogen) atoms. The van der Waals surface area contributed by atoms with Crippen LogP contribution in [-0.4, -0.2) is 17.0 Å². The normalized spacial score (nSPS) is 32.1. The van der Waals surface area contributed by atoms with Crippen molar-refractivity contribution in [2.75, 3.05) is 4.93 Å². The molecule has 1 aliphatic carbocycles.